The second-order valence-electron chi connectivity index (χ2n) is 3.43. The molecule has 0 fully saturated rings. The van der Waals surface area contributed by atoms with Crippen LogP contribution in [0.3, 0.4) is 0 Å². The van der Waals surface area contributed by atoms with Crippen molar-refractivity contribution in [2.45, 2.75) is 40.0 Å². The predicted octanol–water partition coefficient (Wildman–Crippen LogP) is 2.73. The summed E-state index contributed by atoms with van der Waals surface area (Å²) in [7, 11) is 0. The molecule has 0 aliphatic rings. The monoisotopic (exact) mass is 201 g/mol. The number of carbonyl (C=O) groups excluding carboxylic acids is 1. The molecule has 76 valence electrons. The topological polar surface area (TPSA) is 29.4 Å². The van der Waals surface area contributed by atoms with Gasteiger partial charge >= 0.3 is 0 Å². The van der Waals surface area contributed by atoms with Crippen molar-refractivity contribution in [3.63, 3.8) is 0 Å². The van der Waals surface area contributed by atoms with Gasteiger partial charge in [-0.05, 0) is 6.42 Å². The van der Waals surface area contributed by atoms with E-state index in [1.54, 1.807) is 0 Å². The third kappa shape index (κ3) is 5.86. The van der Waals surface area contributed by atoms with E-state index in [0.29, 0.717) is 5.04 Å². The lowest BCUT2D eigenvalue weighted by atomic mass is 10.1. The molecule has 0 rings (SSSR count). The summed E-state index contributed by atoms with van der Waals surface area (Å²) >= 11 is 4.07. The number of thiol groups is 1. The Labute approximate surface area is 86.2 Å². The van der Waals surface area contributed by atoms with E-state index in [1.807, 2.05) is 13.8 Å². The number of nitrogens with zero attached hydrogens (tertiary/aromatic N) is 1. The van der Waals surface area contributed by atoms with Gasteiger partial charge in [0.2, 0.25) is 0 Å². The van der Waals surface area contributed by atoms with Crippen LogP contribution >= 0.6 is 12.6 Å². The van der Waals surface area contributed by atoms with Gasteiger partial charge in [0.05, 0.1) is 0 Å². The Morgan fingerprint density at radius 3 is 2.46 bits per heavy atom. The second kappa shape index (κ2) is 7.13. The van der Waals surface area contributed by atoms with E-state index >= 15 is 0 Å². The van der Waals surface area contributed by atoms with Crippen LogP contribution in [0.2, 0.25) is 0 Å². The lowest BCUT2D eigenvalue weighted by Gasteiger charge is -2.01. The quantitative estimate of drug-likeness (QED) is 0.304. The zero-order valence-corrected chi connectivity index (χ0v) is 9.60. The SMILES string of the molecule is CCCCC/N=C(\S)C(=O)C(C)C. The molecule has 0 unspecified atom stereocenters. The van der Waals surface area contributed by atoms with Gasteiger partial charge in [0.25, 0.3) is 0 Å². The van der Waals surface area contributed by atoms with Gasteiger partial charge in [-0.25, -0.2) is 0 Å². The van der Waals surface area contributed by atoms with Crippen molar-refractivity contribution in [1.82, 2.24) is 0 Å². The van der Waals surface area contributed by atoms with Gasteiger partial charge < -0.3 is 0 Å². The lowest BCUT2D eigenvalue weighted by Crippen LogP contribution is -2.15. The van der Waals surface area contributed by atoms with Crippen LogP contribution in [0.4, 0.5) is 0 Å². The molecule has 0 N–H and O–H groups in total. The summed E-state index contributed by atoms with van der Waals surface area (Å²) in [6.07, 6.45) is 3.39. The van der Waals surface area contributed by atoms with E-state index in [-0.39, 0.29) is 11.7 Å². The molecular formula is C10H19NOS. The first-order valence-electron chi connectivity index (χ1n) is 4.87. The van der Waals surface area contributed by atoms with Crippen molar-refractivity contribution in [2.75, 3.05) is 6.54 Å². The summed E-state index contributed by atoms with van der Waals surface area (Å²) in [5.41, 5.74) is 0. The fourth-order valence-electron chi connectivity index (χ4n) is 0.883. The van der Waals surface area contributed by atoms with E-state index in [9.17, 15) is 4.79 Å². The first kappa shape index (κ1) is 12.7. The number of aliphatic imine (C=N–C) groups is 1. The maximum Gasteiger partial charge on any atom is 0.189 e. The van der Waals surface area contributed by atoms with E-state index in [0.717, 1.165) is 13.0 Å². The van der Waals surface area contributed by atoms with Crippen LogP contribution in [0.1, 0.15) is 40.0 Å². The van der Waals surface area contributed by atoms with E-state index in [1.165, 1.54) is 12.8 Å². The van der Waals surface area contributed by atoms with Gasteiger partial charge in [-0.1, -0.05) is 33.6 Å². The number of hydrogen-bond acceptors (Lipinski definition) is 2. The average Bonchev–Trinajstić information content (AvgIpc) is 2.10. The molecule has 0 aliphatic carbocycles. The normalized spacial score (nSPS) is 12.2. The molecule has 0 spiro atoms. The van der Waals surface area contributed by atoms with E-state index in [2.05, 4.69) is 24.5 Å². The molecule has 2 nitrogen and oxygen atoms in total. The molecule has 13 heavy (non-hydrogen) atoms. The first-order chi connectivity index (χ1) is 6.09. The minimum Gasteiger partial charge on any atom is -0.292 e. The molecule has 0 amide bonds. The highest BCUT2D eigenvalue weighted by atomic mass is 32.1. The molecule has 0 aromatic rings. The number of rotatable bonds is 6. The highest BCUT2D eigenvalue weighted by Gasteiger charge is 2.10. The molecule has 0 atom stereocenters. The average molecular weight is 201 g/mol. The highest BCUT2D eigenvalue weighted by Crippen LogP contribution is 2.01. The fraction of sp³-hybridized carbons (Fsp3) is 0.800. The van der Waals surface area contributed by atoms with Crippen molar-refractivity contribution in [3.8, 4) is 0 Å². The molecule has 0 aromatic carbocycles. The largest absolute Gasteiger partial charge is 0.292 e. The van der Waals surface area contributed by atoms with Crippen LogP contribution in [0.25, 0.3) is 0 Å². The van der Waals surface area contributed by atoms with Crippen molar-refractivity contribution in [2.24, 2.45) is 10.9 Å². The number of ketones is 1. The van der Waals surface area contributed by atoms with Crippen LogP contribution in [0.15, 0.2) is 4.99 Å². The van der Waals surface area contributed by atoms with Gasteiger partial charge in [-0.15, -0.1) is 12.6 Å². The molecule has 0 radical (unpaired) electrons. The molecule has 0 bridgehead atoms. The zero-order chi connectivity index (χ0) is 10.3. The number of hydrogen-bond donors (Lipinski definition) is 1. The molecule has 3 heteroatoms. The molecule has 0 aliphatic heterocycles. The Hall–Kier alpha value is -0.310. The third-order valence-electron chi connectivity index (χ3n) is 1.77. The van der Waals surface area contributed by atoms with Crippen molar-refractivity contribution in [3.05, 3.63) is 0 Å². The standard InChI is InChI=1S/C10H19NOS/c1-4-5-6-7-11-10(13)9(12)8(2)3/h8H,4-7H2,1-3H3,(H,11,13). The number of unbranched alkanes of at least 4 members (excludes halogenated alkanes) is 2. The van der Waals surface area contributed by atoms with Crippen LogP contribution in [-0.4, -0.2) is 17.4 Å². The summed E-state index contributed by atoms with van der Waals surface area (Å²) in [6.45, 7) is 6.59. The lowest BCUT2D eigenvalue weighted by molar-refractivity contribution is -0.115. The van der Waals surface area contributed by atoms with Gasteiger partial charge in [-0.2, -0.15) is 0 Å². The molecule has 0 aromatic heterocycles. The maximum absolute atomic E-state index is 11.3. The Bertz CT molecular complexity index is 187. The second-order valence-corrected chi connectivity index (χ2v) is 3.85. The van der Waals surface area contributed by atoms with Crippen LogP contribution < -0.4 is 0 Å². The Balaban J connectivity index is 3.81. The summed E-state index contributed by atoms with van der Waals surface area (Å²) in [4.78, 5) is 15.4. The molecule has 0 saturated carbocycles. The zero-order valence-electron chi connectivity index (χ0n) is 8.71. The minimum absolute atomic E-state index is 0.00225. The summed E-state index contributed by atoms with van der Waals surface area (Å²) in [6, 6.07) is 0. The van der Waals surface area contributed by atoms with Crippen LogP contribution in [0.5, 0.6) is 0 Å². The van der Waals surface area contributed by atoms with Crippen molar-refractivity contribution >= 4 is 23.5 Å². The minimum atomic E-state index is 0.00225. The van der Waals surface area contributed by atoms with Crippen LogP contribution in [-0.2, 0) is 4.79 Å². The molecular weight excluding hydrogens is 182 g/mol. The van der Waals surface area contributed by atoms with Gasteiger partial charge in [0, 0.05) is 12.5 Å². The summed E-state index contributed by atoms with van der Waals surface area (Å²) < 4.78 is 0. The maximum atomic E-state index is 11.3. The van der Waals surface area contributed by atoms with Crippen molar-refractivity contribution < 1.29 is 4.79 Å². The Kier molecular flexibility index (Phi) is 6.96. The fourth-order valence-corrected chi connectivity index (χ4v) is 1.24. The summed E-state index contributed by atoms with van der Waals surface area (Å²) in [5.74, 6) is 0.0438. The first-order valence-corrected chi connectivity index (χ1v) is 5.32. The summed E-state index contributed by atoms with van der Waals surface area (Å²) in [5, 5.41) is 0.381. The third-order valence-corrected chi connectivity index (χ3v) is 2.13. The number of carbonyl (C=O) groups is 1. The van der Waals surface area contributed by atoms with Crippen molar-refractivity contribution in [1.29, 1.82) is 0 Å². The van der Waals surface area contributed by atoms with Gasteiger partial charge in [0.15, 0.2) is 5.78 Å². The predicted molar refractivity (Wildman–Crippen MR) is 60.7 cm³/mol. The molecule has 0 saturated heterocycles. The molecule has 0 heterocycles. The van der Waals surface area contributed by atoms with Crippen LogP contribution in [0, 0.1) is 5.92 Å². The Morgan fingerprint density at radius 2 is 2.00 bits per heavy atom. The number of Topliss-reactive ketones (excluding diaryl/α,β-unsaturated/α-hetero) is 1. The van der Waals surface area contributed by atoms with Gasteiger partial charge in [0.1, 0.15) is 5.04 Å². The van der Waals surface area contributed by atoms with E-state index in [4.69, 9.17) is 0 Å². The van der Waals surface area contributed by atoms with E-state index < -0.39 is 0 Å². The smallest absolute Gasteiger partial charge is 0.189 e. The Morgan fingerprint density at radius 1 is 1.38 bits per heavy atom. The highest BCUT2D eigenvalue weighted by molar-refractivity contribution is 7.99. The van der Waals surface area contributed by atoms with Gasteiger partial charge in [-0.3, -0.25) is 9.79 Å².